The van der Waals surface area contributed by atoms with Crippen molar-refractivity contribution in [3.05, 3.63) is 22.7 Å². The number of hydrogen-bond acceptors (Lipinski definition) is 4. The molecule has 0 fully saturated rings. The number of anilines is 1. The number of fused-ring (bicyclic) bond motifs is 1. The summed E-state index contributed by atoms with van der Waals surface area (Å²) in [6, 6.07) is 2.74. The fraction of sp³-hybridized carbons (Fsp3) is 0.364. The molecule has 1 aliphatic heterocycles. The Hall–Kier alpha value is -1.31. The zero-order chi connectivity index (χ0) is 14.2. The Kier molecular flexibility index (Phi) is 3.71. The van der Waals surface area contributed by atoms with Crippen molar-refractivity contribution in [2.24, 2.45) is 0 Å². The van der Waals surface area contributed by atoms with Crippen LogP contribution in [-0.4, -0.2) is 27.5 Å². The van der Waals surface area contributed by atoms with Gasteiger partial charge >= 0.3 is 0 Å². The van der Waals surface area contributed by atoms with E-state index in [1.54, 1.807) is 0 Å². The number of nitrogens with one attached hydrogen (secondary N) is 3. The molecule has 0 saturated carbocycles. The Balaban J connectivity index is 2.56. The van der Waals surface area contributed by atoms with Crippen LogP contribution >= 0.6 is 11.6 Å². The van der Waals surface area contributed by atoms with Gasteiger partial charge in [-0.3, -0.25) is 4.79 Å². The van der Waals surface area contributed by atoms with Crippen LogP contribution < -0.4 is 15.4 Å². The predicted molar refractivity (Wildman–Crippen MR) is 72.9 cm³/mol. The van der Waals surface area contributed by atoms with Crippen LogP contribution in [0.5, 0.6) is 0 Å². The Morgan fingerprint density at radius 3 is 2.63 bits per heavy atom. The molecule has 2 rings (SSSR count). The minimum absolute atomic E-state index is 0.0742. The van der Waals surface area contributed by atoms with Gasteiger partial charge in [0, 0.05) is 0 Å². The third-order valence-corrected chi connectivity index (χ3v) is 4.80. The molecule has 1 aromatic carbocycles. The van der Waals surface area contributed by atoms with Gasteiger partial charge in [-0.05, 0) is 25.6 Å². The summed E-state index contributed by atoms with van der Waals surface area (Å²) in [5.41, 5.74) is 0.804. The molecule has 1 unspecified atom stereocenters. The summed E-state index contributed by atoms with van der Waals surface area (Å²) < 4.78 is 25.7. The topological polar surface area (TPSA) is 87.3 Å². The van der Waals surface area contributed by atoms with Crippen molar-refractivity contribution >= 4 is 33.2 Å². The van der Waals surface area contributed by atoms with Gasteiger partial charge in [0.15, 0.2) is 0 Å². The molecule has 19 heavy (non-hydrogen) atoms. The Bertz CT molecular complexity index is 630. The van der Waals surface area contributed by atoms with E-state index in [0.717, 1.165) is 0 Å². The van der Waals surface area contributed by atoms with Gasteiger partial charge in [-0.15, -0.1) is 0 Å². The monoisotopic (exact) mass is 303 g/mol. The maximum absolute atomic E-state index is 11.9. The Labute approximate surface area is 116 Å². The molecule has 8 heteroatoms. The number of benzene rings is 1. The molecular formula is C11H14ClN3O3S. The van der Waals surface area contributed by atoms with E-state index in [4.69, 9.17) is 11.6 Å². The summed E-state index contributed by atoms with van der Waals surface area (Å²) in [7, 11) is -2.41. The Morgan fingerprint density at radius 1 is 1.37 bits per heavy atom. The third kappa shape index (κ3) is 2.54. The SMILES string of the molecule is CCC1NC(=O)c2cc(S(=O)(=O)NC)c(Cl)cc2N1. The molecule has 3 N–H and O–H groups in total. The summed E-state index contributed by atoms with van der Waals surface area (Å²) in [5.74, 6) is -0.315. The summed E-state index contributed by atoms with van der Waals surface area (Å²) in [6.07, 6.45) is 0.530. The van der Waals surface area contributed by atoms with E-state index < -0.39 is 10.0 Å². The minimum Gasteiger partial charge on any atom is -0.365 e. The number of carbonyl (C=O) groups is 1. The highest BCUT2D eigenvalue weighted by Crippen LogP contribution is 2.30. The second kappa shape index (κ2) is 4.99. The predicted octanol–water partition coefficient (Wildman–Crippen LogP) is 1.14. The summed E-state index contributed by atoms with van der Waals surface area (Å²) in [4.78, 5) is 11.8. The first-order valence-corrected chi connectivity index (χ1v) is 7.59. The third-order valence-electron chi connectivity index (χ3n) is 2.92. The van der Waals surface area contributed by atoms with E-state index in [1.807, 2.05) is 6.92 Å². The lowest BCUT2D eigenvalue weighted by Gasteiger charge is -2.27. The second-order valence-electron chi connectivity index (χ2n) is 4.11. The van der Waals surface area contributed by atoms with E-state index in [9.17, 15) is 13.2 Å². The van der Waals surface area contributed by atoms with Crippen molar-refractivity contribution in [1.29, 1.82) is 0 Å². The number of carbonyl (C=O) groups excluding carboxylic acids is 1. The van der Waals surface area contributed by atoms with Crippen LogP contribution in [0.4, 0.5) is 5.69 Å². The van der Waals surface area contributed by atoms with Crippen molar-refractivity contribution in [3.8, 4) is 0 Å². The van der Waals surface area contributed by atoms with Crippen LogP contribution in [0.3, 0.4) is 0 Å². The highest BCUT2D eigenvalue weighted by atomic mass is 35.5. The largest absolute Gasteiger partial charge is 0.365 e. The van der Waals surface area contributed by atoms with Crippen LogP contribution in [0.25, 0.3) is 0 Å². The van der Waals surface area contributed by atoms with E-state index in [1.165, 1.54) is 19.2 Å². The first-order valence-electron chi connectivity index (χ1n) is 5.73. The zero-order valence-electron chi connectivity index (χ0n) is 10.5. The molecule has 0 aliphatic carbocycles. The first-order chi connectivity index (χ1) is 8.89. The van der Waals surface area contributed by atoms with E-state index in [2.05, 4.69) is 15.4 Å². The van der Waals surface area contributed by atoms with Crippen molar-refractivity contribution in [1.82, 2.24) is 10.0 Å². The number of amides is 1. The molecule has 104 valence electrons. The fourth-order valence-electron chi connectivity index (χ4n) is 1.84. The molecule has 1 heterocycles. The molecule has 0 saturated heterocycles. The molecule has 1 aliphatic rings. The highest BCUT2D eigenvalue weighted by Gasteiger charge is 2.26. The van der Waals surface area contributed by atoms with Crippen LogP contribution in [-0.2, 0) is 10.0 Å². The molecule has 0 aromatic heterocycles. The van der Waals surface area contributed by atoms with Gasteiger partial charge in [-0.1, -0.05) is 18.5 Å². The van der Waals surface area contributed by atoms with Crippen molar-refractivity contribution in [2.45, 2.75) is 24.4 Å². The highest BCUT2D eigenvalue weighted by molar-refractivity contribution is 7.89. The van der Waals surface area contributed by atoms with Crippen LogP contribution in [0, 0.1) is 0 Å². The lowest BCUT2D eigenvalue weighted by molar-refractivity contribution is 0.0935. The molecule has 6 nitrogen and oxygen atoms in total. The summed E-state index contributed by atoms with van der Waals surface area (Å²) >= 11 is 5.97. The molecule has 1 aromatic rings. The average molecular weight is 304 g/mol. The normalized spacial score (nSPS) is 18.5. The number of halogens is 1. The van der Waals surface area contributed by atoms with Crippen molar-refractivity contribution in [3.63, 3.8) is 0 Å². The van der Waals surface area contributed by atoms with Gasteiger partial charge in [-0.25, -0.2) is 13.1 Å². The molecule has 0 spiro atoms. The standard InChI is InChI=1S/C11H14ClN3O3S/c1-3-10-14-8-5-7(12)9(19(17,18)13-2)4-6(8)11(16)15-10/h4-5,10,13-14H,3H2,1-2H3,(H,15,16). The Morgan fingerprint density at radius 2 is 2.05 bits per heavy atom. The zero-order valence-corrected chi connectivity index (χ0v) is 12.0. The number of rotatable bonds is 3. The first kappa shape index (κ1) is 14.1. The van der Waals surface area contributed by atoms with E-state index >= 15 is 0 Å². The number of sulfonamides is 1. The maximum Gasteiger partial charge on any atom is 0.255 e. The smallest absolute Gasteiger partial charge is 0.255 e. The molecule has 0 bridgehead atoms. The van der Waals surface area contributed by atoms with Gasteiger partial charge in [-0.2, -0.15) is 0 Å². The maximum atomic E-state index is 11.9. The lowest BCUT2D eigenvalue weighted by Crippen LogP contribution is -2.44. The van der Waals surface area contributed by atoms with Crippen LogP contribution in [0.1, 0.15) is 23.7 Å². The van der Waals surface area contributed by atoms with E-state index in [0.29, 0.717) is 12.1 Å². The molecule has 1 atom stereocenters. The molecule has 0 radical (unpaired) electrons. The quantitative estimate of drug-likeness (QED) is 0.781. The number of hydrogen-bond donors (Lipinski definition) is 3. The van der Waals surface area contributed by atoms with Gasteiger partial charge in [0.05, 0.1) is 22.4 Å². The molecular weight excluding hydrogens is 290 g/mol. The summed E-state index contributed by atoms with van der Waals surface area (Å²) in [5, 5.41) is 5.89. The fourth-order valence-corrected chi connectivity index (χ4v) is 3.12. The van der Waals surface area contributed by atoms with Gasteiger partial charge in [0.1, 0.15) is 4.90 Å². The van der Waals surface area contributed by atoms with Crippen molar-refractivity contribution < 1.29 is 13.2 Å². The van der Waals surface area contributed by atoms with Gasteiger partial charge < -0.3 is 10.6 Å². The van der Waals surface area contributed by atoms with Crippen LogP contribution in [0.2, 0.25) is 5.02 Å². The van der Waals surface area contributed by atoms with Gasteiger partial charge in [0.25, 0.3) is 5.91 Å². The summed E-state index contributed by atoms with van der Waals surface area (Å²) in [6.45, 7) is 1.92. The van der Waals surface area contributed by atoms with E-state index in [-0.39, 0.29) is 27.6 Å². The average Bonchev–Trinajstić information content (AvgIpc) is 2.37. The van der Waals surface area contributed by atoms with Gasteiger partial charge in [0.2, 0.25) is 10.0 Å². The minimum atomic E-state index is -3.69. The molecule has 1 amide bonds. The van der Waals surface area contributed by atoms with Crippen LogP contribution in [0.15, 0.2) is 17.0 Å². The lowest BCUT2D eigenvalue weighted by atomic mass is 10.1. The van der Waals surface area contributed by atoms with Crippen molar-refractivity contribution in [2.75, 3.05) is 12.4 Å². The second-order valence-corrected chi connectivity index (χ2v) is 6.38.